The fraction of sp³-hybridized carbons (Fsp3) is 0.208. The third-order valence-electron chi connectivity index (χ3n) is 22.0. The lowest BCUT2D eigenvalue weighted by molar-refractivity contribution is 0.568. The number of benzene rings is 13. The Morgan fingerprint density at radius 1 is 0.324 bits per heavy atom. The van der Waals surface area contributed by atoms with Gasteiger partial charge in [0.1, 0.15) is 0 Å². The maximum Gasteiger partial charge on any atom is 0.247 e. The molecule has 15 rings (SSSR count). The fourth-order valence-corrected chi connectivity index (χ4v) is 16.0. The molecule has 0 N–H and O–H groups in total. The van der Waals surface area contributed by atoms with Crippen molar-refractivity contribution in [3.8, 4) is 95.1 Å². The van der Waals surface area contributed by atoms with E-state index in [-0.39, 0.29) is 39.7 Å². The normalized spacial score (nSPS) is 13.5. The SMILES string of the molecule is [C-]#[N+]c1cccc(-c2cc(-c3ccccc3)c(N3c4ccc(-c5ccccc5)cc4B4c5cc(-c6ccccc6)ccc5C(c5c(-c6ccccc6)cc(-c6cccc(C#N)c6)cc5-c5cc(C(C)(C)C)cc(C(C)(C)C)c5)c5cc(C(C)(C)C)cc3c54)c(-c3cc(C(C)(C)C)cc(C(C)(C)C)c3)c2)c1. The van der Waals surface area contributed by atoms with E-state index in [0.29, 0.717) is 11.3 Å². The quantitative estimate of drug-likeness (QED) is 0.101. The molecule has 0 fully saturated rings. The molecule has 0 aliphatic carbocycles. The standard InChI is InChI=1S/C101H92BN3/c1-97(2,3)77-48-75(49-78(59-77)98(4,5)6)85-54-73(69-40-29-31-64(47-69)63-103)53-84(67-36-25-19-26-37-67)94(85)93-83-45-43-71(65-32-21-17-22-33-65)57-89(83)102-90-58-72(66-34-23-18-24-35-66)44-46-91(90)105(92-62-81(101(13,14)15)61-88(93)95(92)102)96-86(68-38-27-20-28-39-68)55-74(70-41-30-42-82(52-70)104-16)56-87(96)76-50-79(99(7,8)9)60-80(51-76)100(10,11)12/h17-62,93H,1-15H3. The van der Waals surface area contributed by atoms with Crippen molar-refractivity contribution in [1.82, 2.24) is 0 Å². The zero-order valence-electron chi connectivity index (χ0n) is 63.6. The fourth-order valence-electron chi connectivity index (χ4n) is 16.0. The van der Waals surface area contributed by atoms with Crippen molar-refractivity contribution in [2.24, 2.45) is 0 Å². The average Bonchev–Trinajstić information content (AvgIpc) is 0.686. The Morgan fingerprint density at radius 3 is 1.22 bits per heavy atom. The van der Waals surface area contributed by atoms with Gasteiger partial charge in [-0.25, -0.2) is 4.85 Å². The zero-order chi connectivity index (χ0) is 73.6. The number of fused-ring (bicyclic) bond motifs is 4. The Kier molecular flexibility index (Phi) is 17.5. The topological polar surface area (TPSA) is 31.4 Å². The minimum Gasteiger partial charge on any atom is -0.310 e. The Hall–Kier alpha value is -11.3. The second-order valence-electron chi connectivity index (χ2n) is 34.4. The molecule has 2 heterocycles. The van der Waals surface area contributed by atoms with Gasteiger partial charge in [-0.2, -0.15) is 5.26 Å². The summed E-state index contributed by atoms with van der Waals surface area (Å²) in [5, 5.41) is 10.6. The first-order valence-corrected chi connectivity index (χ1v) is 37.3. The van der Waals surface area contributed by atoms with Crippen LogP contribution in [0.25, 0.3) is 93.9 Å². The molecule has 0 saturated carbocycles. The Labute approximate surface area is 624 Å². The summed E-state index contributed by atoms with van der Waals surface area (Å²) in [5.74, 6) is -0.345. The molecule has 514 valence electrons. The largest absolute Gasteiger partial charge is 0.310 e. The van der Waals surface area contributed by atoms with Crippen LogP contribution in [0.1, 0.15) is 160 Å². The third kappa shape index (κ3) is 13.2. The molecule has 1 atom stereocenters. The molecule has 1 unspecified atom stereocenters. The first kappa shape index (κ1) is 69.4. The lowest BCUT2D eigenvalue weighted by Crippen LogP contribution is -2.62. The van der Waals surface area contributed by atoms with E-state index in [1.54, 1.807) is 0 Å². The van der Waals surface area contributed by atoms with Gasteiger partial charge in [-0.15, -0.1) is 0 Å². The molecule has 13 aromatic carbocycles. The number of rotatable bonds is 10. The van der Waals surface area contributed by atoms with Crippen molar-refractivity contribution >= 4 is 45.9 Å². The number of nitrogens with zero attached hydrogens (tertiary/aromatic N) is 3. The van der Waals surface area contributed by atoms with Gasteiger partial charge in [0.15, 0.2) is 5.69 Å². The van der Waals surface area contributed by atoms with E-state index in [4.69, 9.17) is 6.57 Å². The minimum atomic E-state index is -0.346. The monoisotopic (exact) mass is 1360 g/mol. The first-order chi connectivity index (χ1) is 50.1. The van der Waals surface area contributed by atoms with Crippen LogP contribution >= 0.6 is 0 Å². The molecular formula is C101H92BN3. The number of hydrogen-bond acceptors (Lipinski definition) is 2. The molecule has 4 heteroatoms. The predicted octanol–water partition coefficient (Wildman–Crippen LogP) is 25.7. The van der Waals surface area contributed by atoms with Crippen LogP contribution in [0, 0.1) is 17.9 Å². The van der Waals surface area contributed by atoms with Crippen molar-refractivity contribution in [3.05, 3.63) is 341 Å². The zero-order valence-corrected chi connectivity index (χ0v) is 63.6. The second-order valence-corrected chi connectivity index (χ2v) is 34.4. The van der Waals surface area contributed by atoms with Crippen LogP contribution in [-0.2, 0) is 27.1 Å². The van der Waals surface area contributed by atoms with Crippen LogP contribution in [0.4, 0.5) is 22.7 Å². The maximum absolute atomic E-state index is 10.6. The van der Waals surface area contributed by atoms with Crippen LogP contribution in [0.15, 0.2) is 279 Å². The second kappa shape index (κ2) is 26.4. The van der Waals surface area contributed by atoms with E-state index in [1.165, 1.54) is 60.9 Å². The molecule has 0 amide bonds. The van der Waals surface area contributed by atoms with Crippen LogP contribution < -0.4 is 21.3 Å². The van der Waals surface area contributed by atoms with E-state index < -0.39 is 0 Å². The van der Waals surface area contributed by atoms with Crippen LogP contribution in [0.3, 0.4) is 0 Å². The van der Waals surface area contributed by atoms with Gasteiger partial charge in [-0.3, -0.25) is 0 Å². The summed E-state index contributed by atoms with van der Waals surface area (Å²) < 4.78 is 0. The van der Waals surface area contributed by atoms with E-state index in [0.717, 1.165) is 106 Å². The highest BCUT2D eigenvalue weighted by molar-refractivity contribution is 6.99. The highest BCUT2D eigenvalue weighted by Gasteiger charge is 2.47. The summed E-state index contributed by atoms with van der Waals surface area (Å²) in [4.78, 5) is 6.73. The summed E-state index contributed by atoms with van der Waals surface area (Å²) in [6.45, 7) is 43.4. The van der Waals surface area contributed by atoms with Crippen molar-refractivity contribution in [1.29, 1.82) is 5.26 Å². The number of anilines is 3. The highest BCUT2D eigenvalue weighted by Crippen LogP contribution is 2.55. The molecule has 0 radical (unpaired) electrons. The van der Waals surface area contributed by atoms with Gasteiger partial charge in [-0.05, 0) is 215 Å². The van der Waals surface area contributed by atoms with Gasteiger partial charge < -0.3 is 4.90 Å². The van der Waals surface area contributed by atoms with Gasteiger partial charge in [0.25, 0.3) is 0 Å². The average molecular weight is 1360 g/mol. The van der Waals surface area contributed by atoms with Crippen molar-refractivity contribution in [2.75, 3.05) is 4.90 Å². The van der Waals surface area contributed by atoms with Gasteiger partial charge in [0, 0.05) is 28.4 Å². The summed E-state index contributed by atoms with van der Waals surface area (Å²) >= 11 is 0. The molecule has 0 bridgehead atoms. The third-order valence-corrected chi connectivity index (χ3v) is 22.0. The Balaban J connectivity index is 1.17. The smallest absolute Gasteiger partial charge is 0.247 e. The van der Waals surface area contributed by atoms with Crippen molar-refractivity contribution < 1.29 is 0 Å². The number of nitriles is 1. The molecule has 3 nitrogen and oxygen atoms in total. The van der Waals surface area contributed by atoms with Crippen LogP contribution in [-0.4, -0.2) is 6.71 Å². The Bertz CT molecular complexity index is 5230. The molecule has 0 aromatic heterocycles. The van der Waals surface area contributed by atoms with E-state index >= 15 is 0 Å². The first-order valence-electron chi connectivity index (χ1n) is 37.3. The number of hydrogen-bond donors (Lipinski definition) is 0. The molecular weight excluding hydrogens is 1270 g/mol. The Morgan fingerprint density at radius 2 is 0.724 bits per heavy atom. The highest BCUT2D eigenvalue weighted by atomic mass is 15.2. The molecule has 2 aliphatic rings. The molecule has 2 aliphatic heterocycles. The van der Waals surface area contributed by atoms with Gasteiger partial charge >= 0.3 is 0 Å². The lowest BCUT2D eigenvalue weighted by atomic mass is 9.30. The molecule has 105 heavy (non-hydrogen) atoms. The van der Waals surface area contributed by atoms with Crippen molar-refractivity contribution in [2.45, 2.75) is 137 Å². The summed E-state index contributed by atoms with van der Waals surface area (Å²) in [6, 6.07) is 107. The van der Waals surface area contributed by atoms with Crippen LogP contribution in [0.5, 0.6) is 0 Å². The summed E-state index contributed by atoms with van der Waals surface area (Å²) in [5.41, 5.74) is 35.0. The summed E-state index contributed by atoms with van der Waals surface area (Å²) in [6.07, 6.45) is 0. The van der Waals surface area contributed by atoms with E-state index in [2.05, 4.69) is 374 Å². The van der Waals surface area contributed by atoms with Crippen molar-refractivity contribution in [3.63, 3.8) is 0 Å². The van der Waals surface area contributed by atoms with Gasteiger partial charge in [0.2, 0.25) is 6.71 Å². The van der Waals surface area contributed by atoms with Gasteiger partial charge in [-0.1, -0.05) is 334 Å². The summed E-state index contributed by atoms with van der Waals surface area (Å²) in [7, 11) is 0. The predicted molar refractivity (Wildman–Crippen MR) is 448 cm³/mol. The lowest BCUT2D eigenvalue weighted by Gasteiger charge is -2.45. The van der Waals surface area contributed by atoms with E-state index in [9.17, 15) is 5.26 Å². The molecule has 13 aromatic rings. The molecule has 0 saturated heterocycles. The van der Waals surface area contributed by atoms with E-state index in [1.807, 2.05) is 24.3 Å². The maximum atomic E-state index is 10.6. The molecule has 0 spiro atoms. The minimum absolute atomic E-state index is 0.189. The van der Waals surface area contributed by atoms with Crippen LogP contribution in [0.2, 0.25) is 0 Å². The van der Waals surface area contributed by atoms with Gasteiger partial charge in [0.05, 0.1) is 23.9 Å².